The molecule has 0 amide bonds. The molecule has 0 radical (unpaired) electrons. The minimum absolute atomic E-state index is 0.0299. The molecule has 0 aliphatic rings. The van der Waals surface area contributed by atoms with Gasteiger partial charge in [-0.05, 0) is 40.9 Å². The Balaban J connectivity index is 2.05. The van der Waals surface area contributed by atoms with Crippen LogP contribution in [0.3, 0.4) is 0 Å². The minimum atomic E-state index is -1.48. The second-order valence-corrected chi connectivity index (χ2v) is 4.68. The molecule has 2 aromatic rings. The van der Waals surface area contributed by atoms with Crippen LogP contribution in [0, 0.1) is 11.6 Å². The number of aromatic carboxylic acids is 1. The van der Waals surface area contributed by atoms with Crippen molar-refractivity contribution in [3.8, 4) is 0 Å². The first-order valence-corrected chi connectivity index (χ1v) is 6.50. The lowest BCUT2D eigenvalue weighted by Crippen LogP contribution is -2.09. The van der Waals surface area contributed by atoms with Crippen molar-refractivity contribution in [3.05, 3.63) is 51.7 Å². The smallest absolute Gasteiger partial charge is 0.338 e. The summed E-state index contributed by atoms with van der Waals surface area (Å²) in [6.07, 6.45) is 0.686. The van der Waals surface area contributed by atoms with Gasteiger partial charge < -0.3 is 10.4 Å². The zero-order chi connectivity index (χ0) is 13.8. The van der Waals surface area contributed by atoms with Gasteiger partial charge in [0.2, 0.25) is 0 Å². The highest BCUT2D eigenvalue weighted by atomic mass is 32.1. The zero-order valence-corrected chi connectivity index (χ0v) is 10.6. The van der Waals surface area contributed by atoms with E-state index in [0.717, 1.165) is 11.6 Å². The topological polar surface area (TPSA) is 49.3 Å². The normalized spacial score (nSPS) is 10.4. The van der Waals surface area contributed by atoms with Crippen molar-refractivity contribution in [3.63, 3.8) is 0 Å². The van der Waals surface area contributed by atoms with Crippen LogP contribution in [0.4, 0.5) is 14.5 Å². The molecule has 6 heteroatoms. The summed E-state index contributed by atoms with van der Waals surface area (Å²) in [5.41, 5.74) is 0.416. The quantitative estimate of drug-likeness (QED) is 0.884. The maximum absolute atomic E-state index is 13.6. The van der Waals surface area contributed by atoms with Gasteiger partial charge in [-0.25, -0.2) is 13.6 Å². The Kier molecular flexibility index (Phi) is 4.11. The molecule has 19 heavy (non-hydrogen) atoms. The first-order valence-electron chi connectivity index (χ1n) is 5.56. The maximum atomic E-state index is 13.6. The van der Waals surface area contributed by atoms with Gasteiger partial charge in [-0.15, -0.1) is 0 Å². The molecular formula is C13H11F2NO2S. The third-order valence-electron chi connectivity index (χ3n) is 2.62. The maximum Gasteiger partial charge on any atom is 0.338 e. The molecule has 3 nitrogen and oxygen atoms in total. The molecule has 100 valence electrons. The van der Waals surface area contributed by atoms with Gasteiger partial charge in [-0.1, -0.05) is 0 Å². The van der Waals surface area contributed by atoms with Crippen molar-refractivity contribution in [1.82, 2.24) is 0 Å². The number of rotatable bonds is 5. The second kappa shape index (κ2) is 5.79. The number of halogens is 2. The van der Waals surface area contributed by atoms with E-state index in [1.165, 1.54) is 6.07 Å². The van der Waals surface area contributed by atoms with Gasteiger partial charge in [-0.3, -0.25) is 0 Å². The van der Waals surface area contributed by atoms with E-state index < -0.39 is 23.2 Å². The number of carboxylic acids is 1. The van der Waals surface area contributed by atoms with Gasteiger partial charge in [0.15, 0.2) is 11.6 Å². The Morgan fingerprint density at radius 1 is 1.26 bits per heavy atom. The number of nitrogens with one attached hydrogen (secondary N) is 1. The summed E-state index contributed by atoms with van der Waals surface area (Å²) in [6, 6.07) is 4.24. The van der Waals surface area contributed by atoms with Crippen LogP contribution in [-0.2, 0) is 6.42 Å². The van der Waals surface area contributed by atoms with Crippen molar-refractivity contribution < 1.29 is 18.7 Å². The van der Waals surface area contributed by atoms with E-state index in [1.54, 1.807) is 11.3 Å². The first-order chi connectivity index (χ1) is 9.09. The number of hydrogen-bond donors (Lipinski definition) is 2. The number of thiophene rings is 1. The van der Waals surface area contributed by atoms with E-state index in [9.17, 15) is 13.6 Å². The Bertz CT molecular complexity index is 585. The summed E-state index contributed by atoms with van der Waals surface area (Å²) >= 11 is 1.57. The number of hydrogen-bond acceptors (Lipinski definition) is 3. The fraction of sp³-hybridized carbons (Fsp3) is 0.154. The molecule has 1 heterocycles. The number of carboxylic acid groups (broad SMARTS) is 1. The number of anilines is 1. The SMILES string of the molecule is O=C(O)c1ccc(NCCc2ccsc2)c(F)c1F. The Morgan fingerprint density at radius 3 is 2.68 bits per heavy atom. The average Bonchev–Trinajstić information content (AvgIpc) is 2.87. The van der Waals surface area contributed by atoms with Crippen LogP contribution in [0.25, 0.3) is 0 Å². The summed E-state index contributed by atoms with van der Waals surface area (Å²) in [7, 11) is 0. The standard InChI is InChI=1S/C13H11F2NO2S/c14-11-9(13(17)18)1-2-10(12(11)15)16-5-3-8-4-6-19-7-8/h1-2,4,6-7,16H,3,5H2,(H,17,18). The molecule has 0 aliphatic carbocycles. The van der Waals surface area contributed by atoms with Crippen LogP contribution >= 0.6 is 11.3 Å². The largest absolute Gasteiger partial charge is 0.478 e. The third-order valence-corrected chi connectivity index (χ3v) is 3.35. The molecule has 0 atom stereocenters. The molecule has 2 rings (SSSR count). The minimum Gasteiger partial charge on any atom is -0.478 e. The van der Waals surface area contributed by atoms with E-state index >= 15 is 0 Å². The van der Waals surface area contributed by atoms with Gasteiger partial charge in [-0.2, -0.15) is 11.3 Å². The van der Waals surface area contributed by atoms with Crippen LogP contribution in [0.15, 0.2) is 29.0 Å². The van der Waals surface area contributed by atoms with Crippen LogP contribution in [-0.4, -0.2) is 17.6 Å². The lowest BCUT2D eigenvalue weighted by molar-refractivity contribution is 0.0690. The molecule has 1 aromatic heterocycles. The van der Waals surface area contributed by atoms with Gasteiger partial charge in [0, 0.05) is 6.54 Å². The van der Waals surface area contributed by atoms with Crippen LogP contribution in [0.1, 0.15) is 15.9 Å². The second-order valence-electron chi connectivity index (χ2n) is 3.90. The predicted octanol–water partition coefficient (Wildman–Crippen LogP) is 3.38. The zero-order valence-electron chi connectivity index (χ0n) is 9.82. The highest BCUT2D eigenvalue weighted by Crippen LogP contribution is 2.20. The van der Waals surface area contributed by atoms with Gasteiger partial charge in [0.1, 0.15) is 0 Å². The first kappa shape index (κ1) is 13.5. The Morgan fingerprint density at radius 2 is 2.05 bits per heavy atom. The van der Waals surface area contributed by atoms with Crippen LogP contribution in [0.2, 0.25) is 0 Å². The van der Waals surface area contributed by atoms with E-state index in [0.29, 0.717) is 13.0 Å². The molecule has 0 saturated carbocycles. The highest BCUT2D eigenvalue weighted by molar-refractivity contribution is 7.07. The van der Waals surface area contributed by atoms with E-state index in [-0.39, 0.29) is 5.69 Å². The summed E-state index contributed by atoms with van der Waals surface area (Å²) in [5, 5.41) is 15.3. The number of benzene rings is 1. The van der Waals surface area contributed by atoms with Crippen LogP contribution < -0.4 is 5.32 Å². The van der Waals surface area contributed by atoms with Crippen molar-refractivity contribution in [2.24, 2.45) is 0 Å². The molecule has 0 unspecified atom stereocenters. The molecule has 0 bridgehead atoms. The average molecular weight is 283 g/mol. The lowest BCUT2D eigenvalue weighted by Gasteiger charge is -2.08. The molecule has 2 N–H and O–H groups in total. The van der Waals surface area contributed by atoms with Crippen molar-refractivity contribution in [2.45, 2.75) is 6.42 Å². The monoisotopic (exact) mass is 283 g/mol. The van der Waals surface area contributed by atoms with E-state index in [1.807, 2.05) is 16.8 Å². The lowest BCUT2D eigenvalue weighted by atomic mass is 10.1. The Hall–Kier alpha value is -1.95. The third kappa shape index (κ3) is 3.08. The van der Waals surface area contributed by atoms with E-state index in [4.69, 9.17) is 5.11 Å². The Labute approximate surface area is 112 Å². The molecule has 0 fully saturated rings. The van der Waals surface area contributed by atoms with Crippen molar-refractivity contribution >= 4 is 23.0 Å². The molecule has 0 saturated heterocycles. The molecular weight excluding hydrogens is 272 g/mol. The predicted molar refractivity (Wildman–Crippen MR) is 69.8 cm³/mol. The summed E-state index contributed by atoms with van der Waals surface area (Å²) in [5.74, 6) is -3.99. The van der Waals surface area contributed by atoms with E-state index in [2.05, 4.69) is 5.32 Å². The van der Waals surface area contributed by atoms with Crippen LogP contribution in [0.5, 0.6) is 0 Å². The van der Waals surface area contributed by atoms with Crippen molar-refractivity contribution in [1.29, 1.82) is 0 Å². The van der Waals surface area contributed by atoms with Gasteiger partial charge >= 0.3 is 5.97 Å². The summed E-state index contributed by atoms with van der Waals surface area (Å²) in [6.45, 7) is 0.444. The number of carbonyl (C=O) groups is 1. The highest BCUT2D eigenvalue weighted by Gasteiger charge is 2.17. The molecule has 1 aromatic carbocycles. The summed E-state index contributed by atoms with van der Waals surface area (Å²) < 4.78 is 27.0. The molecule has 0 spiro atoms. The molecule has 0 aliphatic heterocycles. The summed E-state index contributed by atoms with van der Waals surface area (Å²) in [4.78, 5) is 10.6. The van der Waals surface area contributed by atoms with Gasteiger partial charge in [0.05, 0.1) is 11.3 Å². The van der Waals surface area contributed by atoms with Crippen molar-refractivity contribution in [2.75, 3.05) is 11.9 Å². The van der Waals surface area contributed by atoms with Gasteiger partial charge in [0.25, 0.3) is 0 Å². The fourth-order valence-corrected chi connectivity index (χ4v) is 2.33. The fourth-order valence-electron chi connectivity index (χ4n) is 1.63.